The summed E-state index contributed by atoms with van der Waals surface area (Å²) in [5, 5.41) is 9.91. The summed E-state index contributed by atoms with van der Waals surface area (Å²) in [6.07, 6.45) is 3.33. The van der Waals surface area contributed by atoms with Gasteiger partial charge in [0.05, 0.1) is 24.6 Å². The summed E-state index contributed by atoms with van der Waals surface area (Å²) in [5.74, 6) is -0.567. The summed E-state index contributed by atoms with van der Waals surface area (Å²) in [6, 6.07) is 13.5. The summed E-state index contributed by atoms with van der Waals surface area (Å²) in [5.41, 5.74) is 9.70. The first-order chi connectivity index (χ1) is 15.5. The number of carboxylic acids is 1. The van der Waals surface area contributed by atoms with Gasteiger partial charge in [-0.15, -0.1) is 0 Å². The monoisotopic (exact) mass is 436 g/mol. The Morgan fingerprint density at radius 2 is 1.88 bits per heavy atom. The van der Waals surface area contributed by atoms with E-state index in [1.807, 2.05) is 43.3 Å². The number of nitrogens with zero attached hydrogens (tertiary/aromatic N) is 1. The quantitative estimate of drug-likeness (QED) is 0.522. The maximum atomic E-state index is 12.5. The Bertz CT molecular complexity index is 1150. The number of carboxylic acid groups (broad SMARTS) is 1. The number of nitrogens with two attached hydrogens (primary N) is 1. The van der Waals surface area contributed by atoms with Gasteiger partial charge in [0.2, 0.25) is 5.91 Å². The fourth-order valence-corrected chi connectivity index (χ4v) is 4.71. The molecule has 0 spiro atoms. The molecule has 168 valence electrons. The van der Waals surface area contributed by atoms with Gasteiger partial charge in [0.25, 0.3) is 0 Å². The predicted molar refractivity (Wildman–Crippen MR) is 121 cm³/mol. The van der Waals surface area contributed by atoms with Crippen LogP contribution in [-0.2, 0) is 22.6 Å². The average molecular weight is 437 g/mol. The van der Waals surface area contributed by atoms with Crippen molar-refractivity contribution in [2.75, 3.05) is 13.2 Å². The molecule has 1 heterocycles. The Hall–Kier alpha value is -3.48. The standard InChI is InChI=1S/C25H28N2O5/c1-2-31-20-12-6-3-8-16(20)14-27-18-10-5-4-9-17(25(26)30)23(18)24-19(27)11-7-13-21(24)32-15-22(28)29/h3,6-8,11-13,17H,2,4-5,9-10,14-15H2,1H3,(H2,26,30)(H,28,29). The van der Waals surface area contributed by atoms with Crippen molar-refractivity contribution >= 4 is 22.8 Å². The van der Waals surface area contributed by atoms with Crippen molar-refractivity contribution < 1.29 is 24.2 Å². The van der Waals surface area contributed by atoms with Crippen molar-refractivity contribution in [1.29, 1.82) is 0 Å². The van der Waals surface area contributed by atoms with Crippen LogP contribution in [0.4, 0.5) is 0 Å². The summed E-state index contributed by atoms with van der Waals surface area (Å²) in [6.45, 7) is 2.64. The van der Waals surface area contributed by atoms with Crippen LogP contribution in [0.3, 0.4) is 0 Å². The van der Waals surface area contributed by atoms with Crippen LogP contribution in [0.2, 0.25) is 0 Å². The van der Waals surface area contributed by atoms with Gasteiger partial charge in [-0.1, -0.05) is 30.7 Å². The van der Waals surface area contributed by atoms with Gasteiger partial charge >= 0.3 is 5.97 Å². The van der Waals surface area contributed by atoms with E-state index >= 15 is 0 Å². The zero-order valence-corrected chi connectivity index (χ0v) is 18.2. The number of fused-ring (bicyclic) bond motifs is 3. The van der Waals surface area contributed by atoms with E-state index in [9.17, 15) is 9.59 Å². The van der Waals surface area contributed by atoms with Crippen molar-refractivity contribution in [3.8, 4) is 11.5 Å². The van der Waals surface area contributed by atoms with E-state index in [1.54, 1.807) is 6.07 Å². The van der Waals surface area contributed by atoms with Crippen LogP contribution >= 0.6 is 0 Å². The van der Waals surface area contributed by atoms with E-state index in [0.29, 0.717) is 25.3 Å². The lowest BCUT2D eigenvalue weighted by molar-refractivity contribution is -0.139. The first-order valence-corrected chi connectivity index (χ1v) is 11.0. The predicted octanol–water partition coefficient (Wildman–Crippen LogP) is 3.85. The molecule has 4 rings (SSSR count). The summed E-state index contributed by atoms with van der Waals surface area (Å²) in [4.78, 5) is 23.6. The highest BCUT2D eigenvalue weighted by Gasteiger charge is 2.31. The van der Waals surface area contributed by atoms with Gasteiger partial charge in [0.1, 0.15) is 11.5 Å². The van der Waals surface area contributed by atoms with E-state index in [2.05, 4.69) is 4.57 Å². The molecule has 3 N–H and O–H groups in total. The van der Waals surface area contributed by atoms with Gasteiger partial charge in [-0.05, 0) is 49.9 Å². The largest absolute Gasteiger partial charge is 0.494 e. The molecule has 2 aromatic carbocycles. The number of rotatable bonds is 8. The second kappa shape index (κ2) is 9.34. The number of aliphatic carboxylic acids is 1. The zero-order chi connectivity index (χ0) is 22.7. The Balaban J connectivity index is 1.93. The van der Waals surface area contributed by atoms with Crippen molar-refractivity contribution in [1.82, 2.24) is 4.57 Å². The molecule has 0 bridgehead atoms. The average Bonchev–Trinajstić information content (AvgIpc) is 2.93. The lowest BCUT2D eigenvalue weighted by atomic mass is 9.92. The lowest BCUT2D eigenvalue weighted by Gasteiger charge is -2.15. The van der Waals surface area contributed by atoms with Crippen molar-refractivity contribution in [3.63, 3.8) is 0 Å². The van der Waals surface area contributed by atoms with E-state index in [-0.39, 0.29) is 5.91 Å². The number of carbonyl (C=O) groups excluding carboxylic acids is 1. The molecule has 32 heavy (non-hydrogen) atoms. The fraction of sp³-hybridized carbons (Fsp3) is 0.360. The normalized spacial score (nSPS) is 15.7. The number of primary amides is 1. The molecular formula is C25H28N2O5. The molecule has 1 atom stereocenters. The number of para-hydroxylation sites is 1. The van der Waals surface area contributed by atoms with E-state index in [0.717, 1.165) is 52.7 Å². The minimum absolute atomic E-state index is 0.366. The van der Waals surface area contributed by atoms with Crippen LogP contribution in [0, 0.1) is 0 Å². The highest BCUT2D eigenvalue weighted by Crippen LogP contribution is 2.42. The molecule has 1 amide bonds. The molecule has 0 aliphatic heterocycles. The van der Waals surface area contributed by atoms with Crippen molar-refractivity contribution in [3.05, 3.63) is 59.3 Å². The Kier molecular flexibility index (Phi) is 6.35. The number of hydrogen-bond acceptors (Lipinski definition) is 4. The Morgan fingerprint density at radius 3 is 2.62 bits per heavy atom. The molecule has 0 saturated heterocycles. The zero-order valence-electron chi connectivity index (χ0n) is 18.2. The molecule has 1 aromatic heterocycles. The van der Waals surface area contributed by atoms with Gasteiger partial charge in [0, 0.05) is 16.6 Å². The molecule has 7 nitrogen and oxygen atoms in total. The molecule has 0 radical (unpaired) electrons. The first kappa shape index (κ1) is 21.7. The molecule has 7 heteroatoms. The summed E-state index contributed by atoms with van der Waals surface area (Å²) in [7, 11) is 0. The minimum atomic E-state index is -1.05. The smallest absolute Gasteiger partial charge is 0.341 e. The van der Waals surface area contributed by atoms with Crippen molar-refractivity contribution in [2.45, 2.75) is 45.1 Å². The Labute approximate surface area is 186 Å². The van der Waals surface area contributed by atoms with Gasteiger partial charge in [0.15, 0.2) is 6.61 Å². The summed E-state index contributed by atoms with van der Waals surface area (Å²) < 4.78 is 13.7. The Morgan fingerprint density at radius 1 is 1.09 bits per heavy atom. The van der Waals surface area contributed by atoms with Crippen LogP contribution in [-0.4, -0.2) is 34.8 Å². The fourth-order valence-electron chi connectivity index (χ4n) is 4.71. The number of aromatic nitrogens is 1. The maximum Gasteiger partial charge on any atom is 0.341 e. The molecule has 1 aliphatic rings. The highest BCUT2D eigenvalue weighted by atomic mass is 16.5. The second-order valence-corrected chi connectivity index (χ2v) is 8.02. The molecule has 3 aromatic rings. The van der Waals surface area contributed by atoms with Crippen LogP contribution in [0.1, 0.15) is 48.9 Å². The van der Waals surface area contributed by atoms with Crippen LogP contribution in [0.15, 0.2) is 42.5 Å². The molecule has 0 fully saturated rings. The number of benzene rings is 2. The topological polar surface area (TPSA) is 104 Å². The highest BCUT2D eigenvalue weighted by molar-refractivity contribution is 5.97. The summed E-state index contributed by atoms with van der Waals surface area (Å²) >= 11 is 0. The van der Waals surface area contributed by atoms with Crippen LogP contribution < -0.4 is 15.2 Å². The van der Waals surface area contributed by atoms with Crippen molar-refractivity contribution in [2.24, 2.45) is 5.73 Å². The van der Waals surface area contributed by atoms with Crippen LogP contribution in [0.5, 0.6) is 11.5 Å². The first-order valence-electron chi connectivity index (χ1n) is 11.0. The number of amides is 1. The molecule has 1 aliphatic carbocycles. The second-order valence-electron chi connectivity index (χ2n) is 8.02. The number of hydrogen-bond donors (Lipinski definition) is 2. The third kappa shape index (κ3) is 4.15. The van der Waals surface area contributed by atoms with Gasteiger partial charge < -0.3 is 24.9 Å². The van der Waals surface area contributed by atoms with E-state index in [4.69, 9.17) is 20.3 Å². The number of carbonyl (C=O) groups is 2. The minimum Gasteiger partial charge on any atom is -0.494 e. The SMILES string of the molecule is CCOc1ccccc1Cn1c2c(c3c(OCC(=O)O)cccc31)C(C(N)=O)CCCC2. The van der Waals surface area contributed by atoms with E-state index < -0.39 is 18.5 Å². The van der Waals surface area contributed by atoms with E-state index in [1.165, 1.54) is 0 Å². The maximum absolute atomic E-state index is 12.5. The molecule has 0 saturated carbocycles. The molecular weight excluding hydrogens is 408 g/mol. The van der Waals surface area contributed by atoms with Gasteiger partial charge in [-0.25, -0.2) is 4.79 Å². The number of ether oxygens (including phenoxy) is 2. The third-order valence-electron chi connectivity index (χ3n) is 6.00. The lowest BCUT2D eigenvalue weighted by Crippen LogP contribution is -2.21. The van der Waals surface area contributed by atoms with Gasteiger partial charge in [-0.3, -0.25) is 4.79 Å². The molecule has 1 unspecified atom stereocenters. The third-order valence-corrected chi connectivity index (χ3v) is 6.00. The van der Waals surface area contributed by atoms with Crippen LogP contribution in [0.25, 0.3) is 10.9 Å². The van der Waals surface area contributed by atoms with Gasteiger partial charge in [-0.2, -0.15) is 0 Å².